The van der Waals surface area contributed by atoms with Gasteiger partial charge in [0.1, 0.15) is 0 Å². The summed E-state index contributed by atoms with van der Waals surface area (Å²) in [5.74, 6) is 0.945. The fourth-order valence-corrected chi connectivity index (χ4v) is 3.33. The second-order valence-corrected chi connectivity index (χ2v) is 7.10. The Kier molecular flexibility index (Phi) is 5.05. The third-order valence-electron chi connectivity index (χ3n) is 4.63. The predicted molar refractivity (Wildman–Crippen MR) is 77.7 cm³/mol. The summed E-state index contributed by atoms with van der Waals surface area (Å²) in [6, 6.07) is 0. The minimum absolute atomic E-state index is 0.280. The zero-order chi connectivity index (χ0) is 13.0. The van der Waals surface area contributed by atoms with Crippen LogP contribution in [-0.2, 0) is 0 Å². The van der Waals surface area contributed by atoms with Crippen LogP contribution in [0.1, 0.15) is 39.5 Å². The molecule has 3 nitrogen and oxygen atoms in total. The molecule has 2 aliphatic rings. The molecule has 2 aliphatic heterocycles. The van der Waals surface area contributed by atoms with Gasteiger partial charge in [-0.05, 0) is 69.7 Å². The number of piperidine rings is 1. The Balaban J connectivity index is 1.67. The maximum atomic E-state index is 5.83. The van der Waals surface area contributed by atoms with Crippen molar-refractivity contribution in [1.29, 1.82) is 0 Å². The molecule has 18 heavy (non-hydrogen) atoms. The Labute approximate surface area is 113 Å². The maximum absolute atomic E-state index is 5.83. The topological polar surface area (TPSA) is 32.5 Å². The highest BCUT2D eigenvalue weighted by atomic mass is 15.2. The van der Waals surface area contributed by atoms with E-state index in [4.69, 9.17) is 5.73 Å². The minimum Gasteiger partial charge on any atom is -0.330 e. The molecule has 0 aromatic carbocycles. The Hall–Kier alpha value is -0.120. The molecule has 2 rings (SSSR count). The average Bonchev–Trinajstić information content (AvgIpc) is 2.84. The molecule has 2 heterocycles. The number of rotatable bonds is 5. The Bertz CT molecular complexity index is 238. The van der Waals surface area contributed by atoms with Crippen LogP contribution in [0.5, 0.6) is 0 Å². The fraction of sp³-hybridized carbons (Fsp3) is 1.00. The fourth-order valence-electron chi connectivity index (χ4n) is 3.33. The second-order valence-electron chi connectivity index (χ2n) is 7.10. The molecule has 106 valence electrons. The van der Waals surface area contributed by atoms with Crippen LogP contribution < -0.4 is 5.73 Å². The van der Waals surface area contributed by atoms with Crippen molar-refractivity contribution >= 4 is 0 Å². The van der Waals surface area contributed by atoms with Gasteiger partial charge in [-0.15, -0.1) is 0 Å². The van der Waals surface area contributed by atoms with Crippen LogP contribution in [-0.4, -0.2) is 55.6 Å². The van der Waals surface area contributed by atoms with Crippen LogP contribution in [0.2, 0.25) is 0 Å². The summed E-state index contributed by atoms with van der Waals surface area (Å²) in [7, 11) is 0. The summed E-state index contributed by atoms with van der Waals surface area (Å²) in [5.41, 5.74) is 6.11. The van der Waals surface area contributed by atoms with Crippen molar-refractivity contribution in [1.82, 2.24) is 9.80 Å². The molecule has 0 aromatic rings. The van der Waals surface area contributed by atoms with E-state index >= 15 is 0 Å². The van der Waals surface area contributed by atoms with Gasteiger partial charge in [0.15, 0.2) is 0 Å². The first-order valence-corrected chi connectivity index (χ1v) is 7.74. The van der Waals surface area contributed by atoms with Gasteiger partial charge in [0, 0.05) is 13.1 Å². The summed E-state index contributed by atoms with van der Waals surface area (Å²) >= 11 is 0. The molecule has 2 N–H and O–H groups in total. The Morgan fingerprint density at radius 3 is 2.17 bits per heavy atom. The summed E-state index contributed by atoms with van der Waals surface area (Å²) < 4.78 is 0. The van der Waals surface area contributed by atoms with Crippen molar-refractivity contribution in [3.63, 3.8) is 0 Å². The van der Waals surface area contributed by atoms with Gasteiger partial charge >= 0.3 is 0 Å². The summed E-state index contributed by atoms with van der Waals surface area (Å²) in [4.78, 5) is 5.29. The van der Waals surface area contributed by atoms with Crippen molar-refractivity contribution in [2.45, 2.75) is 39.5 Å². The number of nitrogens with two attached hydrogens (primary N) is 1. The van der Waals surface area contributed by atoms with Crippen LogP contribution in [0, 0.1) is 11.3 Å². The van der Waals surface area contributed by atoms with Crippen LogP contribution >= 0.6 is 0 Å². The van der Waals surface area contributed by atoms with Gasteiger partial charge in [-0.25, -0.2) is 0 Å². The van der Waals surface area contributed by atoms with Crippen LogP contribution in [0.25, 0.3) is 0 Å². The highest BCUT2D eigenvalue weighted by Crippen LogP contribution is 2.23. The van der Waals surface area contributed by atoms with E-state index < -0.39 is 0 Å². The molecule has 0 aromatic heterocycles. The number of hydrogen-bond donors (Lipinski definition) is 1. The van der Waals surface area contributed by atoms with Gasteiger partial charge < -0.3 is 15.5 Å². The number of nitrogens with zero attached hydrogens (tertiary/aromatic N) is 2. The SMILES string of the molecule is CC(C)(CN)CN1CCC(CN2CCCC2)CC1. The lowest BCUT2D eigenvalue weighted by atomic mass is 9.90. The summed E-state index contributed by atoms with van der Waals surface area (Å²) in [6.45, 7) is 13.1. The molecule has 0 unspecified atom stereocenters. The largest absolute Gasteiger partial charge is 0.330 e. The monoisotopic (exact) mass is 253 g/mol. The Morgan fingerprint density at radius 2 is 1.61 bits per heavy atom. The van der Waals surface area contributed by atoms with Crippen LogP contribution in [0.3, 0.4) is 0 Å². The summed E-state index contributed by atoms with van der Waals surface area (Å²) in [6.07, 6.45) is 5.61. The first-order valence-electron chi connectivity index (χ1n) is 7.74. The van der Waals surface area contributed by atoms with Gasteiger partial charge in [0.2, 0.25) is 0 Å². The molecular formula is C15H31N3. The molecule has 2 fully saturated rings. The second kappa shape index (κ2) is 6.36. The van der Waals surface area contributed by atoms with Crippen LogP contribution in [0.15, 0.2) is 0 Å². The number of hydrogen-bond acceptors (Lipinski definition) is 3. The van der Waals surface area contributed by atoms with Crippen molar-refractivity contribution in [3.05, 3.63) is 0 Å². The van der Waals surface area contributed by atoms with Crippen molar-refractivity contribution in [3.8, 4) is 0 Å². The molecule has 0 aliphatic carbocycles. The maximum Gasteiger partial charge on any atom is 0.00448 e. The summed E-state index contributed by atoms with van der Waals surface area (Å²) in [5, 5.41) is 0. The normalized spacial score (nSPS) is 24.8. The van der Waals surface area contributed by atoms with E-state index in [0.29, 0.717) is 0 Å². The quantitative estimate of drug-likeness (QED) is 0.810. The van der Waals surface area contributed by atoms with E-state index in [-0.39, 0.29) is 5.41 Å². The number of likely N-dealkylation sites (tertiary alicyclic amines) is 2. The zero-order valence-corrected chi connectivity index (χ0v) is 12.3. The molecule has 0 spiro atoms. The average molecular weight is 253 g/mol. The van der Waals surface area contributed by atoms with E-state index in [0.717, 1.165) is 12.5 Å². The lowest BCUT2D eigenvalue weighted by molar-refractivity contribution is 0.116. The van der Waals surface area contributed by atoms with Crippen molar-refractivity contribution < 1.29 is 0 Å². The highest BCUT2D eigenvalue weighted by molar-refractivity contribution is 4.81. The molecule has 3 heteroatoms. The van der Waals surface area contributed by atoms with Gasteiger partial charge in [-0.1, -0.05) is 13.8 Å². The van der Waals surface area contributed by atoms with Crippen molar-refractivity contribution in [2.24, 2.45) is 17.1 Å². The minimum atomic E-state index is 0.280. The molecule has 0 bridgehead atoms. The third-order valence-corrected chi connectivity index (χ3v) is 4.63. The Morgan fingerprint density at radius 1 is 1.00 bits per heavy atom. The van der Waals surface area contributed by atoms with E-state index in [1.54, 1.807) is 0 Å². The lowest BCUT2D eigenvalue weighted by Gasteiger charge is -2.37. The molecule has 0 atom stereocenters. The predicted octanol–water partition coefficient (Wildman–Crippen LogP) is 1.78. The first kappa shape index (κ1) is 14.3. The van der Waals surface area contributed by atoms with E-state index in [1.807, 2.05) is 0 Å². The standard InChI is InChI=1S/C15H31N3/c1-15(2,12-16)13-18-9-5-14(6-10-18)11-17-7-3-4-8-17/h14H,3-13,16H2,1-2H3. The van der Waals surface area contributed by atoms with Gasteiger partial charge in [-0.2, -0.15) is 0 Å². The van der Waals surface area contributed by atoms with Gasteiger partial charge in [0.05, 0.1) is 0 Å². The highest BCUT2D eigenvalue weighted by Gasteiger charge is 2.26. The van der Waals surface area contributed by atoms with Crippen LogP contribution in [0.4, 0.5) is 0 Å². The van der Waals surface area contributed by atoms with E-state index in [1.165, 1.54) is 65.0 Å². The molecule has 0 amide bonds. The smallest absolute Gasteiger partial charge is 0.00448 e. The third kappa shape index (κ3) is 4.22. The van der Waals surface area contributed by atoms with Crippen molar-refractivity contribution in [2.75, 3.05) is 45.8 Å². The molecule has 0 radical (unpaired) electrons. The van der Waals surface area contributed by atoms with E-state index in [9.17, 15) is 0 Å². The molecule has 0 saturated carbocycles. The van der Waals surface area contributed by atoms with Gasteiger partial charge in [0.25, 0.3) is 0 Å². The molecule has 2 saturated heterocycles. The zero-order valence-electron chi connectivity index (χ0n) is 12.3. The lowest BCUT2D eigenvalue weighted by Crippen LogP contribution is -2.44. The van der Waals surface area contributed by atoms with E-state index in [2.05, 4.69) is 23.6 Å². The molecular weight excluding hydrogens is 222 g/mol. The van der Waals surface area contributed by atoms with Gasteiger partial charge in [-0.3, -0.25) is 0 Å². The first-order chi connectivity index (χ1) is 8.59.